The summed E-state index contributed by atoms with van der Waals surface area (Å²) >= 11 is 1.47. The molecule has 0 saturated heterocycles. The van der Waals surface area contributed by atoms with E-state index in [4.69, 9.17) is 0 Å². The van der Waals surface area contributed by atoms with Crippen LogP contribution in [0.1, 0.15) is 12.6 Å². The fourth-order valence-corrected chi connectivity index (χ4v) is 1.94. The average Bonchev–Trinajstić information content (AvgIpc) is 2.89. The molecule has 0 aliphatic carbocycles. The molecule has 0 radical (unpaired) electrons. The Labute approximate surface area is 113 Å². The fourth-order valence-electron chi connectivity index (χ4n) is 1.38. The van der Waals surface area contributed by atoms with Crippen LogP contribution in [0.3, 0.4) is 0 Å². The summed E-state index contributed by atoms with van der Waals surface area (Å²) in [4.78, 5) is 22.4. The van der Waals surface area contributed by atoms with Gasteiger partial charge in [0.05, 0.1) is 22.7 Å². The molecule has 2 N–H and O–H groups in total. The normalized spacial score (nSPS) is 10.2. The van der Waals surface area contributed by atoms with Crippen LogP contribution in [0.25, 0.3) is 0 Å². The minimum atomic E-state index is -0.515. The predicted molar refractivity (Wildman–Crippen MR) is 72.3 cm³/mol. The molecule has 19 heavy (non-hydrogen) atoms. The SMILES string of the molecule is CCNc1ncc([N+](=O)[O-])c(NCc2cscn2)n1. The van der Waals surface area contributed by atoms with Crippen molar-refractivity contribution in [2.45, 2.75) is 13.5 Å². The van der Waals surface area contributed by atoms with Crippen LogP contribution in [-0.4, -0.2) is 26.4 Å². The van der Waals surface area contributed by atoms with Gasteiger partial charge in [-0.05, 0) is 6.92 Å². The minimum absolute atomic E-state index is 0.156. The first-order chi connectivity index (χ1) is 9.20. The molecule has 0 unspecified atom stereocenters. The van der Waals surface area contributed by atoms with Crippen LogP contribution in [0.4, 0.5) is 17.5 Å². The molecule has 0 aromatic carbocycles. The number of thiazole rings is 1. The third kappa shape index (κ3) is 3.35. The van der Waals surface area contributed by atoms with Crippen LogP contribution in [0.2, 0.25) is 0 Å². The Morgan fingerprint density at radius 2 is 2.26 bits per heavy atom. The quantitative estimate of drug-likeness (QED) is 0.614. The lowest BCUT2D eigenvalue weighted by Gasteiger charge is -2.06. The van der Waals surface area contributed by atoms with E-state index in [1.54, 1.807) is 5.51 Å². The highest BCUT2D eigenvalue weighted by Crippen LogP contribution is 2.22. The number of nitro groups is 1. The van der Waals surface area contributed by atoms with Gasteiger partial charge in [0.15, 0.2) is 0 Å². The van der Waals surface area contributed by atoms with E-state index in [0.29, 0.717) is 19.0 Å². The first-order valence-electron chi connectivity index (χ1n) is 5.57. The number of nitrogens with zero attached hydrogens (tertiary/aromatic N) is 4. The number of hydrogen-bond acceptors (Lipinski definition) is 8. The summed E-state index contributed by atoms with van der Waals surface area (Å²) in [5.41, 5.74) is 2.36. The van der Waals surface area contributed by atoms with Crippen LogP contribution in [0, 0.1) is 10.1 Å². The van der Waals surface area contributed by atoms with Gasteiger partial charge in [-0.3, -0.25) is 10.1 Å². The number of rotatable bonds is 6. The van der Waals surface area contributed by atoms with Gasteiger partial charge in [0.2, 0.25) is 11.8 Å². The lowest BCUT2D eigenvalue weighted by atomic mass is 10.4. The third-order valence-corrected chi connectivity index (χ3v) is 2.86. The molecule has 0 spiro atoms. The van der Waals surface area contributed by atoms with Gasteiger partial charge in [-0.1, -0.05) is 0 Å². The Kier molecular flexibility index (Phi) is 4.18. The summed E-state index contributed by atoms with van der Waals surface area (Å²) in [6.45, 7) is 2.92. The average molecular weight is 280 g/mol. The van der Waals surface area contributed by atoms with Gasteiger partial charge < -0.3 is 10.6 Å². The van der Waals surface area contributed by atoms with Gasteiger partial charge in [-0.15, -0.1) is 11.3 Å². The van der Waals surface area contributed by atoms with E-state index in [2.05, 4.69) is 25.6 Å². The third-order valence-electron chi connectivity index (χ3n) is 2.22. The number of hydrogen-bond donors (Lipinski definition) is 2. The highest BCUT2D eigenvalue weighted by molar-refractivity contribution is 7.07. The van der Waals surface area contributed by atoms with Gasteiger partial charge in [-0.25, -0.2) is 9.97 Å². The molecule has 0 fully saturated rings. The molecular weight excluding hydrogens is 268 g/mol. The molecule has 0 bridgehead atoms. The fraction of sp³-hybridized carbons (Fsp3) is 0.300. The van der Waals surface area contributed by atoms with E-state index in [0.717, 1.165) is 5.69 Å². The van der Waals surface area contributed by atoms with Crippen molar-refractivity contribution in [2.24, 2.45) is 0 Å². The summed E-state index contributed by atoms with van der Waals surface area (Å²) in [5, 5.41) is 18.6. The predicted octanol–water partition coefficient (Wildman–Crippen LogP) is 1.89. The van der Waals surface area contributed by atoms with Crippen LogP contribution in [-0.2, 0) is 6.54 Å². The van der Waals surface area contributed by atoms with Crippen molar-refractivity contribution >= 4 is 28.8 Å². The number of nitrogens with one attached hydrogen (secondary N) is 2. The Morgan fingerprint density at radius 1 is 1.42 bits per heavy atom. The molecule has 2 aromatic heterocycles. The van der Waals surface area contributed by atoms with E-state index in [1.165, 1.54) is 17.5 Å². The minimum Gasteiger partial charge on any atom is -0.359 e. The number of anilines is 2. The second-order valence-corrected chi connectivity index (χ2v) is 4.27. The molecule has 100 valence electrons. The molecule has 2 aromatic rings. The topological polar surface area (TPSA) is 106 Å². The zero-order valence-corrected chi connectivity index (χ0v) is 11.0. The van der Waals surface area contributed by atoms with Crippen molar-refractivity contribution in [3.8, 4) is 0 Å². The molecule has 0 amide bonds. The Balaban J connectivity index is 2.19. The van der Waals surface area contributed by atoms with Gasteiger partial charge in [0, 0.05) is 11.9 Å². The highest BCUT2D eigenvalue weighted by atomic mass is 32.1. The van der Waals surface area contributed by atoms with Crippen molar-refractivity contribution in [3.05, 3.63) is 32.9 Å². The zero-order chi connectivity index (χ0) is 13.7. The maximum Gasteiger partial charge on any atom is 0.329 e. The Hall–Kier alpha value is -2.29. The standard InChI is InChI=1S/C10H12N6O2S/c1-2-11-10-13-4-8(16(17)18)9(15-10)12-3-7-5-19-6-14-7/h4-6H,2-3H2,1H3,(H2,11,12,13,15). The molecule has 0 aliphatic heterocycles. The monoisotopic (exact) mass is 280 g/mol. The first-order valence-corrected chi connectivity index (χ1v) is 6.51. The largest absolute Gasteiger partial charge is 0.359 e. The van der Waals surface area contributed by atoms with Crippen molar-refractivity contribution in [2.75, 3.05) is 17.2 Å². The maximum absolute atomic E-state index is 10.9. The molecule has 2 rings (SSSR count). The van der Waals surface area contributed by atoms with Crippen molar-refractivity contribution in [1.82, 2.24) is 15.0 Å². The Bertz CT molecular complexity index is 559. The van der Waals surface area contributed by atoms with E-state index < -0.39 is 4.92 Å². The number of aromatic nitrogens is 3. The Morgan fingerprint density at radius 3 is 2.89 bits per heavy atom. The van der Waals surface area contributed by atoms with Crippen LogP contribution < -0.4 is 10.6 Å². The van der Waals surface area contributed by atoms with Crippen molar-refractivity contribution in [1.29, 1.82) is 0 Å². The smallest absolute Gasteiger partial charge is 0.329 e. The molecule has 0 aliphatic rings. The van der Waals surface area contributed by atoms with E-state index >= 15 is 0 Å². The van der Waals surface area contributed by atoms with Crippen LogP contribution in [0.15, 0.2) is 17.1 Å². The summed E-state index contributed by atoms with van der Waals surface area (Å²) in [6.07, 6.45) is 1.19. The van der Waals surface area contributed by atoms with Crippen molar-refractivity contribution < 1.29 is 4.92 Å². The van der Waals surface area contributed by atoms with Gasteiger partial charge in [-0.2, -0.15) is 4.98 Å². The maximum atomic E-state index is 10.9. The van der Waals surface area contributed by atoms with Crippen LogP contribution in [0.5, 0.6) is 0 Å². The second-order valence-electron chi connectivity index (χ2n) is 3.55. The molecule has 9 heteroatoms. The summed E-state index contributed by atoms with van der Waals surface area (Å²) < 4.78 is 0. The van der Waals surface area contributed by atoms with Gasteiger partial charge >= 0.3 is 5.69 Å². The molecule has 0 saturated carbocycles. The summed E-state index contributed by atoms with van der Waals surface area (Å²) in [6, 6.07) is 0. The lowest BCUT2D eigenvalue weighted by molar-refractivity contribution is -0.384. The highest BCUT2D eigenvalue weighted by Gasteiger charge is 2.17. The molecule has 0 atom stereocenters. The molecule has 2 heterocycles. The van der Waals surface area contributed by atoms with E-state index in [-0.39, 0.29) is 11.5 Å². The van der Waals surface area contributed by atoms with E-state index in [9.17, 15) is 10.1 Å². The van der Waals surface area contributed by atoms with Crippen molar-refractivity contribution in [3.63, 3.8) is 0 Å². The van der Waals surface area contributed by atoms with Crippen LogP contribution >= 0.6 is 11.3 Å². The first kappa shape index (κ1) is 13.1. The van der Waals surface area contributed by atoms with Gasteiger partial charge in [0.1, 0.15) is 6.20 Å². The zero-order valence-electron chi connectivity index (χ0n) is 10.2. The van der Waals surface area contributed by atoms with Gasteiger partial charge in [0.25, 0.3) is 0 Å². The molecule has 8 nitrogen and oxygen atoms in total. The summed E-state index contributed by atoms with van der Waals surface area (Å²) in [7, 11) is 0. The second kappa shape index (κ2) is 6.05. The summed E-state index contributed by atoms with van der Waals surface area (Å²) in [5.74, 6) is 0.540. The van der Waals surface area contributed by atoms with E-state index in [1.807, 2.05) is 12.3 Å². The lowest BCUT2D eigenvalue weighted by Crippen LogP contribution is -2.09. The molecular formula is C10H12N6O2S.